The lowest BCUT2D eigenvalue weighted by molar-refractivity contribution is -0.123. The van der Waals surface area contributed by atoms with E-state index in [9.17, 15) is 26.4 Å². The molecule has 0 saturated carbocycles. The molecule has 0 fully saturated rings. The molecule has 0 radical (unpaired) electrons. The fourth-order valence-electron chi connectivity index (χ4n) is 1.51. The molecule has 0 saturated heterocycles. The van der Waals surface area contributed by atoms with Crippen LogP contribution in [0.4, 0.5) is 13.2 Å². The summed E-state index contributed by atoms with van der Waals surface area (Å²) in [5, 5.41) is 12.3. The second kappa shape index (κ2) is 5.79. The van der Waals surface area contributed by atoms with Crippen LogP contribution in [0.25, 0.3) is 0 Å². The number of amides is 1. The lowest BCUT2D eigenvalue weighted by Crippen LogP contribution is -2.35. The Labute approximate surface area is 112 Å². The molecule has 1 aromatic heterocycles. The molecule has 114 valence electrons. The van der Waals surface area contributed by atoms with Gasteiger partial charge in [0.1, 0.15) is 11.4 Å². The fourth-order valence-corrected chi connectivity index (χ4v) is 2.41. The highest BCUT2D eigenvalue weighted by Crippen LogP contribution is 2.19. The Bertz CT molecular complexity index is 594. The molecule has 0 aliphatic carbocycles. The molecule has 11 heteroatoms. The number of aryl methyl sites for hydroxylation is 1. The van der Waals surface area contributed by atoms with Crippen molar-refractivity contribution in [3.05, 3.63) is 11.4 Å². The van der Waals surface area contributed by atoms with Crippen LogP contribution in [0.15, 0.2) is 4.90 Å². The van der Waals surface area contributed by atoms with E-state index < -0.39 is 39.2 Å². The minimum Gasteiger partial charge on any atom is -0.341 e. The molecule has 0 bridgehead atoms. The zero-order chi connectivity index (χ0) is 15.6. The van der Waals surface area contributed by atoms with Crippen molar-refractivity contribution in [2.45, 2.75) is 30.8 Å². The monoisotopic (exact) mass is 314 g/mol. The minimum atomic E-state index is -4.61. The van der Waals surface area contributed by atoms with Crippen LogP contribution in [-0.2, 0) is 16.4 Å². The van der Waals surface area contributed by atoms with Gasteiger partial charge in [0.05, 0.1) is 5.69 Å². The first kappa shape index (κ1) is 16.4. The van der Waals surface area contributed by atoms with Crippen molar-refractivity contribution in [3.8, 4) is 0 Å². The van der Waals surface area contributed by atoms with Crippen molar-refractivity contribution in [2.75, 3.05) is 6.54 Å². The summed E-state index contributed by atoms with van der Waals surface area (Å²) in [6.07, 6.45) is -3.83. The van der Waals surface area contributed by atoms with Gasteiger partial charge in [0.2, 0.25) is 10.0 Å². The maximum atomic E-state index is 12.0. The van der Waals surface area contributed by atoms with E-state index in [1.54, 1.807) is 12.2 Å². The summed E-state index contributed by atoms with van der Waals surface area (Å²) in [6, 6.07) is 0. The van der Waals surface area contributed by atoms with E-state index >= 15 is 0 Å². The standard InChI is InChI=1S/C9H13F3N4O3S/c1-2-3-5-7(20(13,18)19)6(16-15-5)8(17)14-4-9(10,11)12/h2-4H2,1H3,(H,14,17)(H,15,16)(H2,13,18,19). The number of alkyl halides is 3. The number of carbonyl (C=O) groups excluding carboxylic acids is 1. The second-order valence-electron chi connectivity index (χ2n) is 3.97. The van der Waals surface area contributed by atoms with Crippen LogP contribution < -0.4 is 10.5 Å². The molecule has 1 amide bonds. The summed E-state index contributed by atoms with van der Waals surface area (Å²) >= 11 is 0. The summed E-state index contributed by atoms with van der Waals surface area (Å²) in [7, 11) is -4.28. The van der Waals surface area contributed by atoms with Crippen molar-refractivity contribution >= 4 is 15.9 Å². The number of hydrogen-bond donors (Lipinski definition) is 3. The Kier molecular flexibility index (Phi) is 4.76. The number of aromatic nitrogens is 2. The van der Waals surface area contributed by atoms with Crippen molar-refractivity contribution < 1.29 is 26.4 Å². The third kappa shape index (κ3) is 4.20. The Balaban J connectivity index is 3.10. The molecule has 0 atom stereocenters. The summed E-state index contributed by atoms with van der Waals surface area (Å²) in [4.78, 5) is 11.0. The topological polar surface area (TPSA) is 118 Å². The SMILES string of the molecule is CCCc1[nH]nc(C(=O)NCC(F)(F)F)c1S(N)(=O)=O. The van der Waals surface area contributed by atoms with Gasteiger partial charge < -0.3 is 5.32 Å². The van der Waals surface area contributed by atoms with Gasteiger partial charge in [-0.3, -0.25) is 9.89 Å². The third-order valence-electron chi connectivity index (χ3n) is 2.24. The highest BCUT2D eigenvalue weighted by Gasteiger charge is 2.31. The van der Waals surface area contributed by atoms with Crippen molar-refractivity contribution in [1.29, 1.82) is 0 Å². The lowest BCUT2D eigenvalue weighted by Gasteiger charge is -2.07. The van der Waals surface area contributed by atoms with E-state index in [4.69, 9.17) is 5.14 Å². The molecule has 7 nitrogen and oxygen atoms in total. The molecule has 4 N–H and O–H groups in total. The van der Waals surface area contributed by atoms with Crippen molar-refractivity contribution in [1.82, 2.24) is 15.5 Å². The minimum absolute atomic E-state index is 0.0900. The molecular formula is C9H13F3N4O3S. The zero-order valence-electron chi connectivity index (χ0n) is 10.4. The lowest BCUT2D eigenvalue weighted by atomic mass is 10.2. The molecule has 0 spiro atoms. The number of aromatic amines is 1. The highest BCUT2D eigenvalue weighted by molar-refractivity contribution is 7.89. The predicted octanol–water partition coefficient (Wildman–Crippen LogP) is 0.302. The van der Waals surface area contributed by atoms with Gasteiger partial charge in [0.25, 0.3) is 5.91 Å². The number of H-pyrrole nitrogens is 1. The highest BCUT2D eigenvalue weighted by atomic mass is 32.2. The zero-order valence-corrected chi connectivity index (χ0v) is 11.2. The van der Waals surface area contributed by atoms with Gasteiger partial charge in [-0.05, 0) is 6.42 Å². The van der Waals surface area contributed by atoms with Crippen LogP contribution in [0.5, 0.6) is 0 Å². The van der Waals surface area contributed by atoms with Gasteiger partial charge in [-0.2, -0.15) is 18.3 Å². The van der Waals surface area contributed by atoms with Crippen LogP contribution in [0, 0.1) is 0 Å². The van der Waals surface area contributed by atoms with Gasteiger partial charge in [-0.15, -0.1) is 0 Å². The summed E-state index contributed by atoms with van der Waals surface area (Å²) < 4.78 is 58.9. The number of nitrogens with one attached hydrogen (secondary N) is 2. The van der Waals surface area contributed by atoms with Gasteiger partial charge >= 0.3 is 6.18 Å². The molecule has 0 aromatic carbocycles. The summed E-state index contributed by atoms with van der Waals surface area (Å²) in [6.45, 7) is 0.156. The van der Waals surface area contributed by atoms with Gasteiger partial charge in [0.15, 0.2) is 5.69 Å². The number of carbonyl (C=O) groups is 1. The largest absolute Gasteiger partial charge is 0.405 e. The van der Waals surface area contributed by atoms with E-state index in [0.29, 0.717) is 6.42 Å². The van der Waals surface area contributed by atoms with Crippen LogP contribution in [0.3, 0.4) is 0 Å². The molecular weight excluding hydrogens is 301 g/mol. The molecule has 1 rings (SSSR count). The number of nitrogens with zero attached hydrogens (tertiary/aromatic N) is 1. The molecule has 1 aromatic rings. The maximum Gasteiger partial charge on any atom is 0.405 e. The molecule has 0 unspecified atom stereocenters. The predicted molar refractivity (Wildman–Crippen MR) is 62.3 cm³/mol. The molecule has 0 aliphatic rings. The number of primary sulfonamides is 1. The van der Waals surface area contributed by atoms with Crippen LogP contribution in [0.1, 0.15) is 29.5 Å². The Morgan fingerprint density at radius 1 is 1.45 bits per heavy atom. The van der Waals surface area contributed by atoms with Gasteiger partial charge in [-0.1, -0.05) is 13.3 Å². The van der Waals surface area contributed by atoms with E-state index in [-0.39, 0.29) is 12.1 Å². The Hall–Kier alpha value is -1.62. The first-order valence-corrected chi connectivity index (χ1v) is 7.06. The van der Waals surface area contributed by atoms with E-state index in [1.165, 1.54) is 0 Å². The summed E-state index contributed by atoms with van der Waals surface area (Å²) in [5.41, 5.74) is -0.577. The number of nitrogens with two attached hydrogens (primary N) is 1. The smallest absolute Gasteiger partial charge is 0.341 e. The molecule has 1 heterocycles. The normalized spacial score (nSPS) is 12.4. The van der Waals surface area contributed by atoms with E-state index in [1.807, 2.05) is 0 Å². The second-order valence-corrected chi connectivity index (χ2v) is 5.47. The number of sulfonamides is 1. The quantitative estimate of drug-likeness (QED) is 0.724. The number of rotatable bonds is 5. The first-order chi connectivity index (χ1) is 9.06. The van der Waals surface area contributed by atoms with Crippen LogP contribution >= 0.6 is 0 Å². The van der Waals surface area contributed by atoms with E-state index in [2.05, 4.69) is 10.2 Å². The van der Waals surface area contributed by atoms with Crippen LogP contribution in [-0.4, -0.2) is 37.2 Å². The van der Waals surface area contributed by atoms with Crippen molar-refractivity contribution in [2.24, 2.45) is 5.14 Å². The number of halogens is 3. The Morgan fingerprint density at radius 2 is 2.05 bits per heavy atom. The summed E-state index contributed by atoms with van der Waals surface area (Å²) in [5.74, 6) is -1.26. The fraction of sp³-hybridized carbons (Fsp3) is 0.556. The number of hydrogen-bond acceptors (Lipinski definition) is 4. The average Bonchev–Trinajstić information content (AvgIpc) is 2.69. The molecule has 0 aliphatic heterocycles. The van der Waals surface area contributed by atoms with Crippen LogP contribution in [0.2, 0.25) is 0 Å². The maximum absolute atomic E-state index is 12.0. The Morgan fingerprint density at radius 3 is 2.50 bits per heavy atom. The van der Waals surface area contributed by atoms with Gasteiger partial charge in [-0.25, -0.2) is 13.6 Å². The average molecular weight is 314 g/mol. The van der Waals surface area contributed by atoms with Gasteiger partial charge in [0, 0.05) is 0 Å². The van der Waals surface area contributed by atoms with E-state index in [0.717, 1.165) is 0 Å². The van der Waals surface area contributed by atoms with Crippen molar-refractivity contribution in [3.63, 3.8) is 0 Å². The molecule has 20 heavy (non-hydrogen) atoms. The third-order valence-corrected chi connectivity index (χ3v) is 3.25. The first-order valence-electron chi connectivity index (χ1n) is 5.51.